The summed E-state index contributed by atoms with van der Waals surface area (Å²) in [5.74, 6) is -7.46. The molecule has 0 aliphatic rings. The van der Waals surface area contributed by atoms with Gasteiger partial charge in [0.15, 0.2) is 0 Å². The van der Waals surface area contributed by atoms with E-state index in [1.54, 1.807) is 24.3 Å². The van der Waals surface area contributed by atoms with Crippen LogP contribution in [-0.2, 0) is 35.2 Å². The van der Waals surface area contributed by atoms with Crippen LogP contribution in [0.2, 0.25) is 0 Å². The first-order valence-electron chi connectivity index (χ1n) is 14.0. The Morgan fingerprint density at radius 3 is 1.70 bits per heavy atom. The number of amides is 1. The van der Waals surface area contributed by atoms with Crippen LogP contribution in [0.5, 0.6) is 0 Å². The van der Waals surface area contributed by atoms with Gasteiger partial charge in [0.25, 0.3) is 0 Å². The third-order valence-electron chi connectivity index (χ3n) is 6.66. The van der Waals surface area contributed by atoms with E-state index in [4.69, 9.17) is 0 Å². The van der Waals surface area contributed by atoms with Crippen molar-refractivity contribution in [3.05, 3.63) is 29.8 Å². The molecular weight excluding hydrogens is 580 g/mol. The first-order valence-corrected chi connectivity index (χ1v) is 14.0. The molecule has 0 fully saturated rings. The molecule has 0 saturated heterocycles. The van der Waals surface area contributed by atoms with Gasteiger partial charge in [0.05, 0.1) is 30.4 Å². The van der Waals surface area contributed by atoms with Gasteiger partial charge in [-0.3, -0.25) is 24.3 Å². The number of carboxylic acids is 5. The highest BCUT2D eigenvalue weighted by Gasteiger charge is 2.29. The Morgan fingerprint density at radius 1 is 0.773 bits per heavy atom. The van der Waals surface area contributed by atoms with Gasteiger partial charge in [0, 0.05) is 63.0 Å². The van der Waals surface area contributed by atoms with Crippen LogP contribution in [0.4, 0.5) is 5.69 Å². The Labute approximate surface area is 256 Å². The van der Waals surface area contributed by atoms with Crippen LogP contribution >= 0.6 is 0 Å². The Kier molecular flexibility index (Phi) is 15.4. The molecule has 0 aromatic heterocycles. The Bertz CT molecular complexity index is 1120. The molecule has 1 rings (SSSR count). The van der Waals surface area contributed by atoms with Crippen LogP contribution in [0.15, 0.2) is 24.3 Å². The van der Waals surface area contributed by atoms with Crippen LogP contribution in [0.25, 0.3) is 0 Å². The van der Waals surface area contributed by atoms with Crippen molar-refractivity contribution in [2.75, 3.05) is 57.7 Å². The molecule has 2 N–H and O–H groups in total. The van der Waals surface area contributed by atoms with Gasteiger partial charge in [-0.1, -0.05) is 39.8 Å². The molecule has 1 atom stereocenters. The number of hydrogen-bond acceptors (Lipinski definition) is 13. The number of carboxylic acid groups (broad SMARTS) is 5. The summed E-state index contributed by atoms with van der Waals surface area (Å²) in [5, 5.41) is 57.4. The highest BCUT2D eigenvalue weighted by molar-refractivity contribution is 5.94. The van der Waals surface area contributed by atoms with Gasteiger partial charge in [0.1, 0.15) is 0 Å². The van der Waals surface area contributed by atoms with E-state index in [0.717, 1.165) is 9.80 Å². The van der Waals surface area contributed by atoms with Gasteiger partial charge in [-0.25, -0.2) is 0 Å². The van der Waals surface area contributed by atoms with Crippen molar-refractivity contribution in [1.29, 1.82) is 0 Å². The second-order valence-electron chi connectivity index (χ2n) is 11.7. The van der Waals surface area contributed by atoms with Crippen LogP contribution in [0.1, 0.15) is 39.7 Å². The molecule has 15 heteroatoms. The lowest BCUT2D eigenvalue weighted by Crippen LogP contribution is -2.54. The lowest BCUT2D eigenvalue weighted by Gasteiger charge is -2.36. The zero-order valence-electron chi connectivity index (χ0n) is 25.4. The van der Waals surface area contributed by atoms with E-state index in [0.29, 0.717) is 23.6 Å². The van der Waals surface area contributed by atoms with Crippen molar-refractivity contribution in [2.24, 2.45) is 11.3 Å². The number of aliphatic carboxylic acids is 5. The smallest absolute Gasteiger partial charge is 0.317 e. The molecule has 1 aromatic rings. The van der Waals surface area contributed by atoms with E-state index >= 15 is 0 Å². The van der Waals surface area contributed by atoms with E-state index < -0.39 is 74.0 Å². The first-order chi connectivity index (χ1) is 20.4. The molecule has 15 nitrogen and oxygen atoms in total. The van der Waals surface area contributed by atoms with E-state index in [2.05, 4.69) is 5.32 Å². The summed E-state index contributed by atoms with van der Waals surface area (Å²) in [6, 6.07) is 5.66. The molecule has 0 saturated carbocycles. The van der Waals surface area contributed by atoms with Crippen molar-refractivity contribution in [3.63, 3.8) is 0 Å². The Balaban J connectivity index is 3.26. The summed E-state index contributed by atoms with van der Waals surface area (Å²) < 4.78 is 0. The SMILES string of the molecule is CC(C)CC(C)(C)C(=O)Nc1ccc(CC(CN(CCN(CC(=O)[O-])CC(=O)[O-])CC(=O)[O-])N(CC(=O)[O-])CC(=O)O)cc1. The Morgan fingerprint density at radius 2 is 1.25 bits per heavy atom. The number of nitrogens with zero attached hydrogens (tertiary/aromatic N) is 3. The normalized spacial score (nSPS) is 12.5. The first kappa shape index (κ1) is 37.9. The summed E-state index contributed by atoms with van der Waals surface area (Å²) in [4.78, 5) is 72.7. The maximum Gasteiger partial charge on any atom is 0.317 e. The lowest BCUT2D eigenvalue weighted by molar-refractivity contribution is -0.311. The number of hydrogen-bond donors (Lipinski definition) is 2. The molecule has 44 heavy (non-hydrogen) atoms. The monoisotopic (exact) mass is 620 g/mol. The van der Waals surface area contributed by atoms with Gasteiger partial charge in [-0.05, 0) is 36.5 Å². The third-order valence-corrected chi connectivity index (χ3v) is 6.66. The van der Waals surface area contributed by atoms with E-state index in [1.165, 1.54) is 4.90 Å². The molecule has 0 spiro atoms. The number of nitrogens with one attached hydrogen (secondary N) is 1. The van der Waals surface area contributed by atoms with Crippen molar-refractivity contribution in [2.45, 2.75) is 46.6 Å². The highest BCUT2D eigenvalue weighted by Crippen LogP contribution is 2.27. The van der Waals surface area contributed by atoms with Gasteiger partial charge in [-0.2, -0.15) is 0 Å². The molecule has 0 aliphatic carbocycles. The fraction of sp³-hybridized carbons (Fsp3) is 0.586. The second kappa shape index (κ2) is 17.9. The van der Waals surface area contributed by atoms with Gasteiger partial charge >= 0.3 is 5.97 Å². The predicted octanol–water partition coefficient (Wildman–Crippen LogP) is -4.40. The number of anilines is 1. The maximum absolute atomic E-state index is 12.8. The lowest BCUT2D eigenvalue weighted by atomic mass is 9.83. The molecule has 0 radical (unpaired) electrons. The summed E-state index contributed by atoms with van der Waals surface area (Å²) >= 11 is 0. The molecule has 246 valence electrons. The second-order valence-corrected chi connectivity index (χ2v) is 11.7. The Hall–Kier alpha value is -4.08. The maximum atomic E-state index is 12.8. The molecule has 1 amide bonds. The molecule has 1 unspecified atom stereocenters. The van der Waals surface area contributed by atoms with Crippen molar-refractivity contribution in [1.82, 2.24) is 14.7 Å². The van der Waals surface area contributed by atoms with Crippen molar-refractivity contribution in [3.8, 4) is 0 Å². The zero-order valence-corrected chi connectivity index (χ0v) is 25.4. The third kappa shape index (κ3) is 15.4. The van der Waals surface area contributed by atoms with Crippen LogP contribution < -0.4 is 25.7 Å². The topological polar surface area (TPSA) is 237 Å². The largest absolute Gasteiger partial charge is 0.549 e. The summed E-state index contributed by atoms with van der Waals surface area (Å²) in [5.41, 5.74) is 0.482. The zero-order chi connectivity index (χ0) is 33.6. The van der Waals surface area contributed by atoms with Gasteiger partial charge < -0.3 is 50.0 Å². The number of benzene rings is 1. The summed E-state index contributed by atoms with van der Waals surface area (Å²) in [6.07, 6.45) is 0.704. The van der Waals surface area contributed by atoms with Crippen LogP contribution in [0.3, 0.4) is 0 Å². The van der Waals surface area contributed by atoms with Gasteiger partial charge in [-0.15, -0.1) is 0 Å². The standard InChI is InChI=1S/C29H44N4O11/c1-19(2)12-29(3,4)28(44)30-21-7-5-20(6-8-21)11-22(33(17-26(40)41)18-27(42)43)13-31(14-23(34)35)9-10-32(15-24(36)37)16-25(38)39/h5-8,19,22H,9-18H2,1-4H3,(H,30,44)(H,34,35)(H,36,37)(H,38,39)(H,40,41)(H,42,43)/p-4. The van der Waals surface area contributed by atoms with Gasteiger partial charge in [0.2, 0.25) is 5.91 Å². The fourth-order valence-corrected chi connectivity index (χ4v) is 4.95. The van der Waals surface area contributed by atoms with Crippen LogP contribution in [-0.4, -0.2) is 114 Å². The minimum atomic E-state index is -1.57. The minimum Gasteiger partial charge on any atom is -0.549 e. The number of rotatable bonds is 22. The summed E-state index contributed by atoms with van der Waals surface area (Å²) in [6.45, 7) is 3.26. The van der Waals surface area contributed by atoms with E-state index in [-0.39, 0.29) is 32.0 Å². The quantitative estimate of drug-likeness (QED) is 0.125. The van der Waals surface area contributed by atoms with Crippen molar-refractivity contribution >= 4 is 41.4 Å². The predicted molar refractivity (Wildman–Crippen MR) is 148 cm³/mol. The molecule has 0 bridgehead atoms. The molecular formula is C29H40N4O11-4. The summed E-state index contributed by atoms with van der Waals surface area (Å²) in [7, 11) is 0. The van der Waals surface area contributed by atoms with E-state index in [1.807, 2.05) is 27.7 Å². The average molecular weight is 621 g/mol. The average Bonchev–Trinajstić information content (AvgIpc) is 2.85. The van der Waals surface area contributed by atoms with Crippen molar-refractivity contribution < 1.29 is 54.3 Å². The minimum absolute atomic E-state index is 0.0407. The molecule has 0 heterocycles. The number of carbonyl (C=O) groups is 6. The molecule has 0 aliphatic heterocycles. The number of carbonyl (C=O) groups excluding carboxylic acids is 5. The van der Waals surface area contributed by atoms with E-state index in [9.17, 15) is 54.3 Å². The highest BCUT2D eigenvalue weighted by atomic mass is 16.4. The fourth-order valence-electron chi connectivity index (χ4n) is 4.95. The van der Waals surface area contributed by atoms with Crippen LogP contribution in [0, 0.1) is 11.3 Å². The molecule has 1 aromatic carbocycles.